The molecule has 0 spiro atoms. The lowest BCUT2D eigenvalue weighted by Crippen LogP contribution is -2.32. The normalized spacial score (nSPS) is 13.7. The van der Waals surface area contributed by atoms with Crippen molar-refractivity contribution < 1.29 is 0 Å². The van der Waals surface area contributed by atoms with Crippen molar-refractivity contribution in [3.05, 3.63) is 48.2 Å². The molecule has 0 saturated heterocycles. The highest BCUT2D eigenvalue weighted by Crippen LogP contribution is 2.28. The molecule has 1 heteroatoms. The van der Waals surface area contributed by atoms with Gasteiger partial charge in [-0.3, -0.25) is 0 Å². The van der Waals surface area contributed by atoms with Gasteiger partial charge in [0.15, 0.2) is 0 Å². The molecule has 0 saturated carbocycles. The third-order valence-corrected chi connectivity index (χ3v) is 3.12. The Morgan fingerprint density at radius 3 is 2.00 bits per heavy atom. The van der Waals surface area contributed by atoms with Crippen LogP contribution in [-0.2, 0) is 0 Å². The van der Waals surface area contributed by atoms with Gasteiger partial charge in [-0.1, -0.05) is 45.2 Å². The topological polar surface area (TPSA) is 3.24 Å². The SMILES string of the molecule is C=C/C=C(\C(=C(\C)C=C)N(CC)C(C)C)C(C)C. The van der Waals surface area contributed by atoms with E-state index in [9.17, 15) is 0 Å². The first-order chi connectivity index (χ1) is 8.40. The molecule has 0 aliphatic rings. The van der Waals surface area contributed by atoms with Crippen molar-refractivity contribution >= 4 is 0 Å². The van der Waals surface area contributed by atoms with Gasteiger partial charge in [-0.15, -0.1) is 0 Å². The summed E-state index contributed by atoms with van der Waals surface area (Å²) in [5, 5.41) is 0. The van der Waals surface area contributed by atoms with E-state index in [1.165, 1.54) is 16.8 Å². The number of rotatable bonds is 7. The highest BCUT2D eigenvalue weighted by atomic mass is 15.2. The van der Waals surface area contributed by atoms with E-state index in [0.29, 0.717) is 12.0 Å². The lowest BCUT2D eigenvalue weighted by Gasteiger charge is -2.34. The summed E-state index contributed by atoms with van der Waals surface area (Å²) in [6.45, 7) is 22.0. The summed E-state index contributed by atoms with van der Waals surface area (Å²) in [5.41, 5.74) is 3.86. The molecule has 0 N–H and O–H groups in total. The molecule has 0 amide bonds. The van der Waals surface area contributed by atoms with Gasteiger partial charge in [0.05, 0.1) is 0 Å². The lowest BCUT2D eigenvalue weighted by molar-refractivity contribution is 0.297. The van der Waals surface area contributed by atoms with Crippen LogP contribution in [0.4, 0.5) is 0 Å². The summed E-state index contributed by atoms with van der Waals surface area (Å²) < 4.78 is 0. The van der Waals surface area contributed by atoms with Gasteiger partial charge in [0, 0.05) is 18.3 Å². The van der Waals surface area contributed by atoms with Gasteiger partial charge in [-0.2, -0.15) is 0 Å². The van der Waals surface area contributed by atoms with Gasteiger partial charge >= 0.3 is 0 Å². The monoisotopic (exact) mass is 247 g/mol. The highest BCUT2D eigenvalue weighted by molar-refractivity contribution is 5.40. The molecule has 0 bridgehead atoms. The fourth-order valence-electron chi connectivity index (χ4n) is 2.17. The largest absolute Gasteiger partial charge is 0.369 e. The first-order valence-electron chi connectivity index (χ1n) is 6.83. The molecule has 0 aromatic carbocycles. The van der Waals surface area contributed by atoms with Crippen LogP contribution in [0.25, 0.3) is 0 Å². The van der Waals surface area contributed by atoms with Gasteiger partial charge in [0.25, 0.3) is 0 Å². The second kappa shape index (κ2) is 7.97. The standard InChI is InChI=1S/C17H29N/c1-9-12-16(13(4)5)17(15(8)10-2)18(11-3)14(6)7/h9-10,12-14H,1-2,11H2,3-8H3/b16-12-,17-15+. The van der Waals surface area contributed by atoms with Crippen molar-refractivity contribution in [1.29, 1.82) is 0 Å². The Morgan fingerprint density at radius 2 is 1.72 bits per heavy atom. The van der Waals surface area contributed by atoms with Crippen LogP contribution >= 0.6 is 0 Å². The predicted octanol–water partition coefficient (Wildman–Crippen LogP) is 4.95. The van der Waals surface area contributed by atoms with E-state index in [4.69, 9.17) is 0 Å². The van der Waals surface area contributed by atoms with Crippen LogP contribution in [-0.4, -0.2) is 17.5 Å². The molecule has 0 aliphatic carbocycles. The van der Waals surface area contributed by atoms with Crippen LogP contribution in [0, 0.1) is 5.92 Å². The molecule has 0 radical (unpaired) electrons. The van der Waals surface area contributed by atoms with E-state index in [0.717, 1.165) is 6.54 Å². The Morgan fingerprint density at radius 1 is 1.17 bits per heavy atom. The summed E-state index contributed by atoms with van der Waals surface area (Å²) in [4.78, 5) is 2.42. The molecule has 0 aromatic heterocycles. The van der Waals surface area contributed by atoms with Gasteiger partial charge in [-0.05, 0) is 44.8 Å². The average molecular weight is 247 g/mol. The van der Waals surface area contributed by atoms with Crippen molar-refractivity contribution in [2.24, 2.45) is 5.92 Å². The minimum atomic E-state index is 0.473. The zero-order chi connectivity index (χ0) is 14.3. The third-order valence-electron chi connectivity index (χ3n) is 3.12. The second-order valence-electron chi connectivity index (χ2n) is 5.13. The molecule has 0 heterocycles. The molecular weight excluding hydrogens is 218 g/mol. The molecule has 1 nitrogen and oxygen atoms in total. The second-order valence-corrected chi connectivity index (χ2v) is 5.13. The van der Waals surface area contributed by atoms with Crippen LogP contribution in [0.3, 0.4) is 0 Å². The Hall–Kier alpha value is -1.24. The number of hydrogen-bond donors (Lipinski definition) is 0. The zero-order valence-electron chi connectivity index (χ0n) is 13.0. The van der Waals surface area contributed by atoms with Crippen molar-refractivity contribution in [2.75, 3.05) is 6.54 Å². The van der Waals surface area contributed by atoms with Crippen molar-refractivity contribution in [2.45, 2.75) is 47.6 Å². The predicted molar refractivity (Wildman–Crippen MR) is 83.5 cm³/mol. The van der Waals surface area contributed by atoms with Gasteiger partial charge in [0.1, 0.15) is 0 Å². The third kappa shape index (κ3) is 4.21. The van der Waals surface area contributed by atoms with E-state index < -0.39 is 0 Å². The van der Waals surface area contributed by atoms with Gasteiger partial charge in [0.2, 0.25) is 0 Å². The van der Waals surface area contributed by atoms with Crippen LogP contribution in [0.15, 0.2) is 48.2 Å². The molecule has 102 valence electrons. The number of nitrogens with zero attached hydrogens (tertiary/aromatic N) is 1. The van der Waals surface area contributed by atoms with Crippen molar-refractivity contribution in [3.63, 3.8) is 0 Å². The van der Waals surface area contributed by atoms with E-state index in [2.05, 4.69) is 65.7 Å². The Labute approximate surface area is 114 Å². The van der Waals surface area contributed by atoms with E-state index in [1.54, 1.807) is 0 Å². The Kier molecular flexibility index (Phi) is 7.42. The van der Waals surface area contributed by atoms with E-state index in [-0.39, 0.29) is 0 Å². The minimum Gasteiger partial charge on any atom is -0.369 e. The minimum absolute atomic E-state index is 0.473. The first kappa shape index (κ1) is 16.8. The van der Waals surface area contributed by atoms with Gasteiger partial charge < -0.3 is 4.90 Å². The number of hydrogen-bond acceptors (Lipinski definition) is 1. The van der Waals surface area contributed by atoms with Crippen molar-refractivity contribution in [1.82, 2.24) is 4.90 Å². The molecule has 0 fully saturated rings. The lowest BCUT2D eigenvalue weighted by atomic mass is 9.94. The molecule has 18 heavy (non-hydrogen) atoms. The van der Waals surface area contributed by atoms with Gasteiger partial charge in [-0.25, -0.2) is 0 Å². The van der Waals surface area contributed by atoms with Crippen LogP contribution in [0.2, 0.25) is 0 Å². The molecule has 0 unspecified atom stereocenters. The molecule has 0 atom stereocenters. The fraction of sp³-hybridized carbons (Fsp3) is 0.529. The summed E-state index contributed by atoms with van der Waals surface area (Å²) in [5.74, 6) is 0.473. The Bertz CT molecular complexity index is 343. The Balaban J connectivity index is 5.85. The quantitative estimate of drug-likeness (QED) is 0.576. The summed E-state index contributed by atoms with van der Waals surface area (Å²) in [7, 11) is 0. The molecular formula is C17H29N. The molecule has 0 rings (SSSR count). The fourth-order valence-corrected chi connectivity index (χ4v) is 2.17. The maximum atomic E-state index is 3.92. The van der Waals surface area contributed by atoms with Crippen LogP contribution < -0.4 is 0 Å². The first-order valence-corrected chi connectivity index (χ1v) is 6.83. The summed E-state index contributed by atoms with van der Waals surface area (Å²) in [6.07, 6.45) is 5.94. The maximum Gasteiger partial charge on any atom is 0.0433 e. The summed E-state index contributed by atoms with van der Waals surface area (Å²) in [6, 6.07) is 0.479. The molecule has 0 aliphatic heterocycles. The molecule has 0 aromatic rings. The number of likely N-dealkylation sites (N-methyl/N-ethyl adjacent to an activating group) is 1. The maximum absolute atomic E-state index is 3.92. The smallest absolute Gasteiger partial charge is 0.0433 e. The van der Waals surface area contributed by atoms with E-state index >= 15 is 0 Å². The highest BCUT2D eigenvalue weighted by Gasteiger charge is 2.19. The van der Waals surface area contributed by atoms with Crippen molar-refractivity contribution in [3.8, 4) is 0 Å². The number of allylic oxidation sites excluding steroid dienone is 5. The zero-order valence-corrected chi connectivity index (χ0v) is 13.0. The summed E-state index contributed by atoms with van der Waals surface area (Å²) >= 11 is 0. The average Bonchev–Trinajstić information content (AvgIpc) is 2.31. The van der Waals surface area contributed by atoms with E-state index in [1.807, 2.05) is 12.2 Å². The van der Waals surface area contributed by atoms with Crippen LogP contribution in [0.1, 0.15) is 41.5 Å². The van der Waals surface area contributed by atoms with Crippen LogP contribution in [0.5, 0.6) is 0 Å².